The number of rotatable bonds is 6. The summed E-state index contributed by atoms with van der Waals surface area (Å²) in [5.74, 6) is 0.592. The van der Waals surface area contributed by atoms with Gasteiger partial charge in [-0.05, 0) is 49.2 Å². The number of ether oxygens (including phenoxy) is 1. The number of carbonyl (C=O) groups is 2. The smallest absolute Gasteiger partial charge is 0.321 e. The number of urea groups is 1. The molecule has 138 valence electrons. The summed E-state index contributed by atoms with van der Waals surface area (Å²) < 4.78 is 5.21. The fourth-order valence-corrected chi connectivity index (χ4v) is 2.49. The van der Waals surface area contributed by atoms with Crippen molar-refractivity contribution in [2.75, 3.05) is 26.0 Å². The predicted octanol–water partition coefficient (Wildman–Crippen LogP) is 3.42. The molecule has 0 aliphatic rings. The summed E-state index contributed by atoms with van der Waals surface area (Å²) in [5, 5.41) is 5.63. The van der Waals surface area contributed by atoms with E-state index < -0.39 is 0 Å². The van der Waals surface area contributed by atoms with Gasteiger partial charge in [-0.2, -0.15) is 0 Å². The number of carbonyl (C=O) groups excluding carboxylic acids is 2. The van der Waals surface area contributed by atoms with Crippen LogP contribution >= 0.6 is 0 Å². The highest BCUT2D eigenvalue weighted by Gasteiger charge is 2.13. The molecular formula is C20H25N3O3. The summed E-state index contributed by atoms with van der Waals surface area (Å²) in [4.78, 5) is 26.1. The Morgan fingerprint density at radius 2 is 1.92 bits per heavy atom. The first-order chi connectivity index (χ1) is 12.4. The summed E-state index contributed by atoms with van der Waals surface area (Å²) in [6.07, 6.45) is 0. The number of hydrogen-bond acceptors (Lipinski definition) is 3. The van der Waals surface area contributed by atoms with E-state index in [1.54, 1.807) is 31.2 Å². The Labute approximate surface area is 154 Å². The minimum Gasteiger partial charge on any atom is -0.497 e. The topological polar surface area (TPSA) is 70.7 Å². The molecule has 0 aliphatic carbocycles. The van der Waals surface area contributed by atoms with Crippen molar-refractivity contribution in [3.8, 4) is 5.75 Å². The van der Waals surface area contributed by atoms with E-state index >= 15 is 0 Å². The third-order valence-corrected chi connectivity index (χ3v) is 3.98. The van der Waals surface area contributed by atoms with Crippen LogP contribution in [0.15, 0.2) is 42.5 Å². The molecule has 0 aromatic heterocycles. The van der Waals surface area contributed by atoms with E-state index in [-0.39, 0.29) is 11.9 Å². The fourth-order valence-electron chi connectivity index (χ4n) is 2.49. The number of aryl methyl sites for hydroxylation is 1. The SMILES string of the molecule is CCNC(=O)c1ccc(C)c(NC(=O)N(C)Cc2cccc(OC)c2)c1. The van der Waals surface area contributed by atoms with Crippen molar-refractivity contribution in [3.05, 3.63) is 59.2 Å². The lowest BCUT2D eigenvalue weighted by Crippen LogP contribution is -2.31. The lowest BCUT2D eigenvalue weighted by molar-refractivity contribution is 0.0956. The Hall–Kier alpha value is -3.02. The molecular weight excluding hydrogens is 330 g/mol. The van der Waals surface area contributed by atoms with Crippen LogP contribution in [-0.4, -0.2) is 37.5 Å². The van der Waals surface area contributed by atoms with E-state index in [1.807, 2.05) is 44.2 Å². The molecule has 2 N–H and O–H groups in total. The molecule has 0 aliphatic heterocycles. The molecule has 0 spiro atoms. The van der Waals surface area contributed by atoms with Gasteiger partial charge in [-0.25, -0.2) is 4.79 Å². The highest BCUT2D eigenvalue weighted by atomic mass is 16.5. The van der Waals surface area contributed by atoms with Crippen LogP contribution in [0.4, 0.5) is 10.5 Å². The first-order valence-electron chi connectivity index (χ1n) is 8.48. The van der Waals surface area contributed by atoms with Crippen molar-refractivity contribution in [2.24, 2.45) is 0 Å². The van der Waals surface area contributed by atoms with Gasteiger partial charge in [0.1, 0.15) is 5.75 Å². The summed E-state index contributed by atoms with van der Waals surface area (Å²) >= 11 is 0. The van der Waals surface area contributed by atoms with Gasteiger partial charge in [0.05, 0.1) is 7.11 Å². The van der Waals surface area contributed by atoms with Gasteiger partial charge >= 0.3 is 6.03 Å². The number of methoxy groups -OCH3 is 1. The Morgan fingerprint density at radius 3 is 2.62 bits per heavy atom. The molecule has 6 nitrogen and oxygen atoms in total. The zero-order valence-electron chi connectivity index (χ0n) is 15.6. The molecule has 0 saturated heterocycles. The molecule has 0 atom stereocenters. The Morgan fingerprint density at radius 1 is 1.15 bits per heavy atom. The van der Waals surface area contributed by atoms with E-state index in [4.69, 9.17) is 4.74 Å². The molecule has 3 amide bonds. The van der Waals surface area contributed by atoms with E-state index in [0.717, 1.165) is 16.9 Å². The van der Waals surface area contributed by atoms with Gasteiger partial charge in [0.15, 0.2) is 0 Å². The van der Waals surface area contributed by atoms with Crippen LogP contribution in [0.2, 0.25) is 0 Å². The van der Waals surface area contributed by atoms with Gasteiger partial charge in [0.2, 0.25) is 0 Å². The van der Waals surface area contributed by atoms with Crippen LogP contribution in [-0.2, 0) is 6.54 Å². The molecule has 6 heteroatoms. The number of hydrogen-bond donors (Lipinski definition) is 2. The maximum Gasteiger partial charge on any atom is 0.321 e. The number of benzene rings is 2. The van der Waals surface area contributed by atoms with Crippen LogP contribution in [0.3, 0.4) is 0 Å². The lowest BCUT2D eigenvalue weighted by Gasteiger charge is -2.19. The minimum atomic E-state index is -0.246. The van der Waals surface area contributed by atoms with Crippen molar-refractivity contribution < 1.29 is 14.3 Å². The summed E-state index contributed by atoms with van der Waals surface area (Å²) in [5.41, 5.74) is 3.00. The zero-order chi connectivity index (χ0) is 19.1. The number of nitrogens with zero attached hydrogens (tertiary/aromatic N) is 1. The van der Waals surface area contributed by atoms with Crippen molar-refractivity contribution in [1.29, 1.82) is 0 Å². The van der Waals surface area contributed by atoms with Crippen molar-refractivity contribution in [1.82, 2.24) is 10.2 Å². The Balaban J connectivity index is 2.08. The molecule has 0 saturated carbocycles. The molecule has 2 rings (SSSR count). The van der Waals surface area contributed by atoms with Crippen molar-refractivity contribution in [3.63, 3.8) is 0 Å². The average molecular weight is 355 g/mol. The summed E-state index contributed by atoms with van der Waals surface area (Å²) in [6, 6.07) is 12.6. The van der Waals surface area contributed by atoms with Crippen LogP contribution in [0.1, 0.15) is 28.4 Å². The number of amides is 3. The molecule has 0 bridgehead atoms. The second-order valence-electron chi connectivity index (χ2n) is 6.03. The predicted molar refractivity (Wildman–Crippen MR) is 103 cm³/mol. The molecule has 2 aromatic rings. The second-order valence-corrected chi connectivity index (χ2v) is 6.03. The standard InChI is InChI=1S/C20H25N3O3/c1-5-21-19(24)16-10-9-14(2)18(12-16)22-20(25)23(3)13-15-7-6-8-17(11-15)26-4/h6-12H,5,13H2,1-4H3,(H,21,24)(H,22,25). The van der Waals surface area contributed by atoms with Gasteiger partial charge < -0.3 is 20.3 Å². The Kier molecular flexibility index (Phi) is 6.60. The van der Waals surface area contributed by atoms with Gasteiger partial charge in [-0.15, -0.1) is 0 Å². The van der Waals surface area contributed by atoms with E-state index in [0.29, 0.717) is 24.3 Å². The average Bonchev–Trinajstić information content (AvgIpc) is 2.63. The van der Waals surface area contributed by atoms with Crippen LogP contribution < -0.4 is 15.4 Å². The van der Waals surface area contributed by atoms with Gasteiger partial charge in [-0.1, -0.05) is 18.2 Å². The van der Waals surface area contributed by atoms with Gasteiger partial charge in [0.25, 0.3) is 5.91 Å². The highest BCUT2D eigenvalue weighted by molar-refractivity contribution is 5.97. The van der Waals surface area contributed by atoms with Crippen molar-refractivity contribution >= 4 is 17.6 Å². The second kappa shape index (κ2) is 8.89. The van der Waals surface area contributed by atoms with Crippen LogP contribution in [0.25, 0.3) is 0 Å². The minimum absolute atomic E-state index is 0.160. The first kappa shape index (κ1) is 19.3. The highest BCUT2D eigenvalue weighted by Crippen LogP contribution is 2.18. The van der Waals surface area contributed by atoms with E-state index in [9.17, 15) is 9.59 Å². The normalized spacial score (nSPS) is 10.2. The summed E-state index contributed by atoms with van der Waals surface area (Å²) in [6.45, 7) is 4.75. The third kappa shape index (κ3) is 4.99. The molecule has 2 aromatic carbocycles. The molecule has 0 unspecified atom stereocenters. The Bertz CT molecular complexity index is 790. The monoisotopic (exact) mass is 355 g/mol. The largest absolute Gasteiger partial charge is 0.497 e. The quantitative estimate of drug-likeness (QED) is 0.834. The van der Waals surface area contributed by atoms with Gasteiger partial charge in [0, 0.05) is 31.4 Å². The zero-order valence-corrected chi connectivity index (χ0v) is 15.6. The van der Waals surface area contributed by atoms with E-state index in [1.165, 1.54) is 0 Å². The van der Waals surface area contributed by atoms with Crippen LogP contribution in [0, 0.1) is 6.92 Å². The van der Waals surface area contributed by atoms with Crippen LogP contribution in [0.5, 0.6) is 5.75 Å². The fraction of sp³-hybridized carbons (Fsp3) is 0.300. The van der Waals surface area contributed by atoms with Crippen molar-refractivity contribution in [2.45, 2.75) is 20.4 Å². The molecule has 26 heavy (non-hydrogen) atoms. The first-order valence-corrected chi connectivity index (χ1v) is 8.48. The maximum absolute atomic E-state index is 12.5. The molecule has 0 heterocycles. The maximum atomic E-state index is 12.5. The van der Waals surface area contributed by atoms with Gasteiger partial charge in [-0.3, -0.25) is 4.79 Å². The molecule has 0 fully saturated rings. The van der Waals surface area contributed by atoms with E-state index in [2.05, 4.69) is 10.6 Å². The summed E-state index contributed by atoms with van der Waals surface area (Å²) in [7, 11) is 3.33. The third-order valence-electron chi connectivity index (χ3n) is 3.98. The number of anilines is 1. The molecule has 0 radical (unpaired) electrons. The number of nitrogens with one attached hydrogen (secondary N) is 2. The lowest BCUT2D eigenvalue weighted by atomic mass is 10.1.